The minimum atomic E-state index is -0.114. The molecule has 1 atom stereocenters. The van der Waals surface area contributed by atoms with Gasteiger partial charge in [0.1, 0.15) is 5.75 Å². The summed E-state index contributed by atoms with van der Waals surface area (Å²) in [5.74, 6) is 0.496. The van der Waals surface area contributed by atoms with Crippen molar-refractivity contribution in [2.45, 2.75) is 26.3 Å². The lowest BCUT2D eigenvalue weighted by Crippen LogP contribution is -2.35. The van der Waals surface area contributed by atoms with Crippen LogP contribution in [0.2, 0.25) is 0 Å². The summed E-state index contributed by atoms with van der Waals surface area (Å²) in [6.45, 7) is 4.00. The third kappa shape index (κ3) is 4.21. The van der Waals surface area contributed by atoms with E-state index in [0.29, 0.717) is 11.4 Å². The Balaban J connectivity index is 2.37. The van der Waals surface area contributed by atoms with Gasteiger partial charge in [0, 0.05) is 17.8 Å². The van der Waals surface area contributed by atoms with Gasteiger partial charge in [0.15, 0.2) is 6.61 Å². The zero-order valence-electron chi connectivity index (χ0n) is 9.69. The highest BCUT2D eigenvalue weighted by molar-refractivity contribution is 5.77. The SMILES string of the molecule is CC[C@@H](C)NC(=O)COc1cccc(N)c1. The van der Waals surface area contributed by atoms with E-state index in [1.165, 1.54) is 0 Å². The van der Waals surface area contributed by atoms with Gasteiger partial charge < -0.3 is 15.8 Å². The Labute approximate surface area is 95.8 Å². The van der Waals surface area contributed by atoms with Gasteiger partial charge in [0.25, 0.3) is 5.91 Å². The number of amides is 1. The van der Waals surface area contributed by atoms with Crippen LogP contribution in [-0.4, -0.2) is 18.6 Å². The predicted octanol–water partition coefficient (Wildman–Crippen LogP) is 1.56. The molecule has 0 unspecified atom stereocenters. The normalized spacial score (nSPS) is 11.9. The summed E-state index contributed by atoms with van der Waals surface area (Å²) < 4.78 is 5.30. The summed E-state index contributed by atoms with van der Waals surface area (Å²) in [5.41, 5.74) is 6.21. The molecular formula is C12H18N2O2. The molecule has 0 aliphatic rings. The van der Waals surface area contributed by atoms with Gasteiger partial charge in [0.05, 0.1) is 0 Å². The first-order valence-electron chi connectivity index (χ1n) is 5.39. The number of carbonyl (C=O) groups excluding carboxylic acids is 1. The molecule has 0 aliphatic carbocycles. The van der Waals surface area contributed by atoms with Crippen molar-refractivity contribution in [2.24, 2.45) is 0 Å². The zero-order valence-corrected chi connectivity index (χ0v) is 9.69. The fraction of sp³-hybridized carbons (Fsp3) is 0.417. The van der Waals surface area contributed by atoms with Crippen molar-refractivity contribution in [3.8, 4) is 5.75 Å². The fourth-order valence-corrected chi connectivity index (χ4v) is 1.17. The van der Waals surface area contributed by atoms with Crippen LogP contribution in [0, 0.1) is 0 Å². The molecule has 4 heteroatoms. The molecule has 0 saturated heterocycles. The van der Waals surface area contributed by atoms with Gasteiger partial charge >= 0.3 is 0 Å². The molecule has 0 aliphatic heterocycles. The molecule has 4 nitrogen and oxygen atoms in total. The van der Waals surface area contributed by atoms with Crippen molar-refractivity contribution in [1.29, 1.82) is 0 Å². The van der Waals surface area contributed by atoms with Crippen LogP contribution in [0.5, 0.6) is 5.75 Å². The highest BCUT2D eigenvalue weighted by Gasteiger charge is 2.05. The van der Waals surface area contributed by atoms with Crippen molar-refractivity contribution >= 4 is 11.6 Å². The first-order valence-corrected chi connectivity index (χ1v) is 5.39. The minimum Gasteiger partial charge on any atom is -0.484 e. The van der Waals surface area contributed by atoms with Gasteiger partial charge in [0.2, 0.25) is 0 Å². The zero-order chi connectivity index (χ0) is 12.0. The maximum atomic E-state index is 11.4. The van der Waals surface area contributed by atoms with Crippen LogP contribution in [0.1, 0.15) is 20.3 Å². The van der Waals surface area contributed by atoms with Crippen LogP contribution in [0.25, 0.3) is 0 Å². The van der Waals surface area contributed by atoms with Crippen molar-refractivity contribution < 1.29 is 9.53 Å². The molecule has 16 heavy (non-hydrogen) atoms. The standard InChI is InChI=1S/C12H18N2O2/c1-3-9(2)14-12(15)8-16-11-6-4-5-10(13)7-11/h4-7,9H,3,8,13H2,1-2H3,(H,14,15)/t9-/m1/s1. The quantitative estimate of drug-likeness (QED) is 0.743. The average molecular weight is 222 g/mol. The molecule has 0 aromatic heterocycles. The van der Waals surface area contributed by atoms with E-state index in [1.54, 1.807) is 24.3 Å². The Bertz CT molecular complexity index is 353. The summed E-state index contributed by atoms with van der Waals surface area (Å²) >= 11 is 0. The molecule has 1 amide bonds. The van der Waals surface area contributed by atoms with E-state index in [0.717, 1.165) is 6.42 Å². The van der Waals surface area contributed by atoms with Gasteiger partial charge in [-0.25, -0.2) is 0 Å². The highest BCUT2D eigenvalue weighted by Crippen LogP contribution is 2.13. The minimum absolute atomic E-state index is 0.0216. The topological polar surface area (TPSA) is 64.3 Å². The fourth-order valence-electron chi connectivity index (χ4n) is 1.17. The van der Waals surface area contributed by atoms with Gasteiger partial charge in [-0.05, 0) is 25.5 Å². The number of nitrogens with one attached hydrogen (secondary N) is 1. The Morgan fingerprint density at radius 1 is 1.56 bits per heavy atom. The highest BCUT2D eigenvalue weighted by atomic mass is 16.5. The first kappa shape index (κ1) is 12.4. The van der Waals surface area contributed by atoms with Gasteiger partial charge in [-0.1, -0.05) is 13.0 Å². The molecule has 1 rings (SSSR count). The number of nitrogens with two attached hydrogens (primary N) is 1. The van der Waals surface area contributed by atoms with Crippen LogP contribution in [-0.2, 0) is 4.79 Å². The molecule has 0 bridgehead atoms. The second-order valence-corrected chi connectivity index (χ2v) is 3.74. The molecule has 1 aromatic carbocycles. The molecule has 0 heterocycles. The summed E-state index contributed by atoms with van der Waals surface area (Å²) in [7, 11) is 0. The van der Waals surface area contributed by atoms with Crippen molar-refractivity contribution in [3.63, 3.8) is 0 Å². The second-order valence-electron chi connectivity index (χ2n) is 3.74. The van der Waals surface area contributed by atoms with E-state index < -0.39 is 0 Å². The Kier molecular flexibility index (Phi) is 4.64. The monoisotopic (exact) mass is 222 g/mol. The summed E-state index contributed by atoms with van der Waals surface area (Å²) in [4.78, 5) is 11.4. The molecular weight excluding hydrogens is 204 g/mol. The third-order valence-electron chi connectivity index (χ3n) is 2.25. The van der Waals surface area contributed by atoms with Gasteiger partial charge in [-0.15, -0.1) is 0 Å². The third-order valence-corrected chi connectivity index (χ3v) is 2.25. The summed E-state index contributed by atoms with van der Waals surface area (Å²) in [5, 5.41) is 2.82. The average Bonchev–Trinajstić information content (AvgIpc) is 2.26. The second kappa shape index (κ2) is 6.00. The summed E-state index contributed by atoms with van der Waals surface area (Å²) in [6, 6.07) is 7.20. The number of rotatable bonds is 5. The Hall–Kier alpha value is -1.71. The number of carbonyl (C=O) groups is 1. The number of nitrogen functional groups attached to an aromatic ring is 1. The molecule has 0 saturated carbocycles. The number of ether oxygens (including phenoxy) is 1. The first-order chi connectivity index (χ1) is 7.61. The van der Waals surface area contributed by atoms with Crippen LogP contribution in [0.4, 0.5) is 5.69 Å². The molecule has 0 radical (unpaired) electrons. The largest absolute Gasteiger partial charge is 0.484 e. The maximum absolute atomic E-state index is 11.4. The molecule has 1 aromatic rings. The Morgan fingerprint density at radius 3 is 2.94 bits per heavy atom. The maximum Gasteiger partial charge on any atom is 0.258 e. The van der Waals surface area contributed by atoms with Crippen molar-refractivity contribution in [2.75, 3.05) is 12.3 Å². The molecule has 0 fully saturated rings. The van der Waals surface area contributed by atoms with E-state index in [2.05, 4.69) is 5.32 Å². The predicted molar refractivity (Wildman–Crippen MR) is 64.2 cm³/mol. The van der Waals surface area contributed by atoms with E-state index >= 15 is 0 Å². The van der Waals surface area contributed by atoms with Crippen LogP contribution >= 0.6 is 0 Å². The molecule has 88 valence electrons. The lowest BCUT2D eigenvalue weighted by molar-refractivity contribution is -0.123. The lowest BCUT2D eigenvalue weighted by Gasteiger charge is -2.12. The van der Waals surface area contributed by atoms with Gasteiger partial charge in [-0.3, -0.25) is 4.79 Å². The number of benzene rings is 1. The van der Waals surface area contributed by atoms with Crippen molar-refractivity contribution in [3.05, 3.63) is 24.3 Å². The Morgan fingerprint density at radius 2 is 2.31 bits per heavy atom. The van der Waals surface area contributed by atoms with Crippen LogP contribution in [0.3, 0.4) is 0 Å². The molecule has 3 N–H and O–H groups in total. The molecule has 0 spiro atoms. The van der Waals surface area contributed by atoms with Crippen molar-refractivity contribution in [1.82, 2.24) is 5.32 Å². The number of hydrogen-bond donors (Lipinski definition) is 2. The van der Waals surface area contributed by atoms with E-state index in [1.807, 2.05) is 13.8 Å². The number of anilines is 1. The summed E-state index contributed by atoms with van der Waals surface area (Å²) in [6.07, 6.45) is 0.907. The van der Waals surface area contributed by atoms with E-state index in [-0.39, 0.29) is 18.6 Å². The lowest BCUT2D eigenvalue weighted by atomic mass is 10.2. The number of hydrogen-bond acceptors (Lipinski definition) is 3. The van der Waals surface area contributed by atoms with E-state index in [9.17, 15) is 4.79 Å². The van der Waals surface area contributed by atoms with Gasteiger partial charge in [-0.2, -0.15) is 0 Å². The smallest absolute Gasteiger partial charge is 0.258 e. The van der Waals surface area contributed by atoms with Crippen LogP contribution < -0.4 is 15.8 Å². The van der Waals surface area contributed by atoms with Crippen LogP contribution in [0.15, 0.2) is 24.3 Å². The van der Waals surface area contributed by atoms with E-state index in [4.69, 9.17) is 10.5 Å².